The fraction of sp³-hybridized carbons (Fsp3) is 0.318. The van der Waals surface area contributed by atoms with Crippen LogP contribution >= 0.6 is 0 Å². The van der Waals surface area contributed by atoms with Crippen molar-refractivity contribution in [2.45, 2.75) is 158 Å². The summed E-state index contributed by atoms with van der Waals surface area (Å²) in [4.78, 5) is 0. The van der Waals surface area contributed by atoms with E-state index in [1.54, 1.807) is 0 Å². The van der Waals surface area contributed by atoms with Crippen LogP contribution in [0.5, 0.6) is 0 Å². The summed E-state index contributed by atoms with van der Waals surface area (Å²) in [5.41, 5.74) is 9.33. The van der Waals surface area contributed by atoms with E-state index in [0.717, 1.165) is 55.6 Å². The first-order valence-corrected chi connectivity index (χ1v) is 35.9. The minimum atomic E-state index is -1.50. The summed E-state index contributed by atoms with van der Waals surface area (Å²) in [7, 11) is 0. The molecule has 10 aromatic carbocycles. The van der Waals surface area contributed by atoms with Gasteiger partial charge in [-0.2, -0.15) is 0 Å². The monoisotopic (exact) mass is 1400 g/mol. The van der Waals surface area contributed by atoms with Gasteiger partial charge in [-0.15, -0.1) is 0 Å². The predicted octanol–water partition coefficient (Wildman–Crippen LogP) is 14.7. The van der Waals surface area contributed by atoms with E-state index in [1.807, 2.05) is 303 Å². The van der Waals surface area contributed by atoms with Crippen molar-refractivity contribution in [3.63, 3.8) is 0 Å². The van der Waals surface area contributed by atoms with Gasteiger partial charge in [-0.3, -0.25) is 0 Å². The van der Waals surface area contributed by atoms with E-state index in [2.05, 4.69) is 0 Å². The molecule has 104 heavy (non-hydrogen) atoms. The summed E-state index contributed by atoms with van der Waals surface area (Å²) in [6.45, 7) is 1.69. The number of aliphatic hydroxyl groups is 1. The number of ether oxygens (including phenoxy) is 15. The van der Waals surface area contributed by atoms with Gasteiger partial charge in [-0.05, 0) is 55.6 Å². The molecule has 540 valence electrons. The van der Waals surface area contributed by atoms with E-state index < -0.39 is 92.1 Å². The van der Waals surface area contributed by atoms with Gasteiger partial charge in [-0.1, -0.05) is 303 Å². The number of rotatable bonds is 37. The molecule has 0 saturated carbocycles. The van der Waals surface area contributed by atoms with Gasteiger partial charge in [0, 0.05) is 0 Å². The van der Waals surface area contributed by atoms with Crippen LogP contribution in [0.25, 0.3) is 0 Å². The fourth-order valence-electron chi connectivity index (χ4n) is 13.2. The van der Waals surface area contributed by atoms with Crippen LogP contribution in [0.4, 0.5) is 0 Å². The van der Waals surface area contributed by atoms with Crippen molar-refractivity contribution >= 4 is 0 Å². The van der Waals surface area contributed by atoms with Crippen molar-refractivity contribution in [1.82, 2.24) is 0 Å². The molecule has 3 fully saturated rings. The predicted molar refractivity (Wildman–Crippen MR) is 391 cm³/mol. The summed E-state index contributed by atoms with van der Waals surface area (Å²) in [6.07, 6.45) is -14.6. The summed E-state index contributed by atoms with van der Waals surface area (Å²) >= 11 is 0. The van der Waals surface area contributed by atoms with Crippen LogP contribution in [-0.2, 0) is 137 Å². The molecular formula is C88H92O16. The van der Waals surface area contributed by atoms with E-state index in [9.17, 15) is 5.11 Å². The Morgan fingerprint density at radius 3 is 0.644 bits per heavy atom. The smallest absolute Gasteiger partial charge is 0.187 e. The average Bonchev–Trinajstić information content (AvgIpc) is 0.789. The number of aliphatic hydroxyl groups excluding tert-OH is 1. The van der Waals surface area contributed by atoms with E-state index >= 15 is 0 Å². The van der Waals surface area contributed by atoms with Crippen molar-refractivity contribution in [1.29, 1.82) is 0 Å². The molecule has 3 heterocycles. The summed E-state index contributed by atoms with van der Waals surface area (Å²) in [5.74, 6) is 0. The van der Waals surface area contributed by atoms with Crippen molar-refractivity contribution < 1.29 is 76.2 Å². The first-order valence-electron chi connectivity index (χ1n) is 35.9. The second-order valence-electron chi connectivity index (χ2n) is 26.2. The molecule has 0 radical (unpaired) electrons. The third kappa shape index (κ3) is 21.6. The Kier molecular flexibility index (Phi) is 28.1. The molecule has 16 heteroatoms. The second-order valence-corrected chi connectivity index (χ2v) is 26.2. The maximum atomic E-state index is 12.4. The summed E-state index contributed by atoms with van der Waals surface area (Å²) in [6, 6.07) is 99.5. The Hall–Kier alpha value is -8.44. The normalized spacial score (nSPS) is 24.8. The fourth-order valence-corrected chi connectivity index (χ4v) is 13.2. The number of hydrogen-bond donors (Lipinski definition) is 1. The molecule has 0 amide bonds. The van der Waals surface area contributed by atoms with Crippen molar-refractivity contribution in [3.05, 3.63) is 359 Å². The minimum absolute atomic E-state index is 0.103. The Balaban J connectivity index is 0.872. The first kappa shape index (κ1) is 73.9. The highest BCUT2D eigenvalue weighted by Crippen LogP contribution is 2.37. The number of hydrogen-bond acceptors (Lipinski definition) is 16. The second kappa shape index (κ2) is 39.6. The average molecular weight is 1410 g/mol. The zero-order valence-corrected chi connectivity index (χ0v) is 58.3. The zero-order chi connectivity index (χ0) is 70.6. The van der Waals surface area contributed by atoms with E-state index in [1.165, 1.54) is 0 Å². The molecule has 0 spiro atoms. The lowest BCUT2D eigenvalue weighted by Crippen LogP contribution is -2.64. The molecule has 10 aromatic rings. The molecule has 0 bridgehead atoms. The Bertz CT molecular complexity index is 3960. The van der Waals surface area contributed by atoms with Gasteiger partial charge in [0.25, 0.3) is 0 Å². The van der Waals surface area contributed by atoms with Crippen molar-refractivity contribution in [3.8, 4) is 0 Å². The van der Waals surface area contributed by atoms with Gasteiger partial charge >= 0.3 is 0 Å². The lowest BCUT2D eigenvalue weighted by Gasteiger charge is -2.48. The summed E-state index contributed by atoms with van der Waals surface area (Å²) < 4.78 is 106. The topological polar surface area (TPSA) is 159 Å². The standard InChI is InChI=1S/C88H92O16/c89-86-83(97-58-71-45-25-8-26-46-71)80(94-55-68-39-19-5-20-40-68)78(92-53-66-35-15-3-16-36-66)75(102-86)62-100-88-85(99-60-73-49-29-10-30-50-73)82(96-57-70-43-23-7-24-44-70)79(93-54-67-37-17-4-18-38-67)76(104-88)63-101-87-84(98-59-72-47-27-9-28-48-72)81(95-56-69-41-21-6-22-42-69)77(91-52-65-33-13-2-14-34-65)74(103-87)61-90-51-64-31-11-1-12-32-64/h1-50,74-89H,51-63H2/t74-,75-,76-,77+,78-,79+,80+,81+,82+,83-,84-,85-,86?,87+,88+/m1/s1. The molecule has 15 atom stereocenters. The van der Waals surface area contributed by atoms with Crippen LogP contribution in [-0.4, -0.2) is 117 Å². The van der Waals surface area contributed by atoms with Crippen LogP contribution in [0.2, 0.25) is 0 Å². The Labute approximate surface area is 610 Å². The quantitative estimate of drug-likeness (QED) is 0.0392. The van der Waals surface area contributed by atoms with Crippen LogP contribution < -0.4 is 0 Å². The van der Waals surface area contributed by atoms with Crippen molar-refractivity contribution in [2.75, 3.05) is 19.8 Å². The van der Waals surface area contributed by atoms with Crippen LogP contribution in [0.3, 0.4) is 0 Å². The lowest BCUT2D eigenvalue weighted by atomic mass is 9.96. The van der Waals surface area contributed by atoms with Crippen LogP contribution in [0.15, 0.2) is 303 Å². The molecule has 1 N–H and O–H groups in total. The SMILES string of the molecule is OC1O[C@H](CO[C@H]2O[C@H](CO[C@H]3O[C@H](COCc4ccccc4)[C@H](OCc4ccccc4)[C@H](OCc4ccccc4)[C@H]3OCc3ccccc3)[C@H](OCc3ccccc3)[C@H](OCc3ccccc3)[C@H]2OCc2ccccc2)[C@@H](OCc2ccccc2)[C@H](OCc2ccccc2)[C@H]1OCc1ccccc1. The van der Waals surface area contributed by atoms with Crippen LogP contribution in [0, 0.1) is 0 Å². The van der Waals surface area contributed by atoms with E-state index in [4.69, 9.17) is 71.1 Å². The van der Waals surface area contributed by atoms with Crippen molar-refractivity contribution in [2.24, 2.45) is 0 Å². The highest BCUT2D eigenvalue weighted by molar-refractivity contribution is 5.22. The number of benzene rings is 10. The van der Waals surface area contributed by atoms with Crippen LogP contribution in [0.1, 0.15) is 55.6 Å². The third-order valence-corrected chi connectivity index (χ3v) is 18.6. The largest absolute Gasteiger partial charge is 0.374 e. The van der Waals surface area contributed by atoms with Gasteiger partial charge in [0.1, 0.15) is 73.2 Å². The van der Waals surface area contributed by atoms with Gasteiger partial charge in [0.15, 0.2) is 18.9 Å². The molecule has 1 unspecified atom stereocenters. The maximum Gasteiger partial charge on any atom is 0.187 e. The lowest BCUT2D eigenvalue weighted by molar-refractivity contribution is -0.361. The molecule has 16 nitrogen and oxygen atoms in total. The Morgan fingerprint density at radius 2 is 0.385 bits per heavy atom. The zero-order valence-electron chi connectivity index (χ0n) is 58.3. The first-order chi connectivity index (χ1) is 51.5. The molecular weight excluding hydrogens is 1310 g/mol. The van der Waals surface area contributed by atoms with Gasteiger partial charge in [-0.25, -0.2) is 0 Å². The highest BCUT2D eigenvalue weighted by atomic mass is 16.8. The minimum Gasteiger partial charge on any atom is -0.374 e. The molecule has 3 aliphatic heterocycles. The van der Waals surface area contributed by atoms with E-state index in [0.29, 0.717) is 6.61 Å². The summed E-state index contributed by atoms with van der Waals surface area (Å²) in [5, 5.41) is 12.4. The molecule has 13 rings (SSSR count). The van der Waals surface area contributed by atoms with Gasteiger partial charge < -0.3 is 76.2 Å². The molecule has 3 saturated heterocycles. The van der Waals surface area contributed by atoms with E-state index in [-0.39, 0.29) is 79.3 Å². The third-order valence-electron chi connectivity index (χ3n) is 18.6. The Morgan fingerprint density at radius 1 is 0.192 bits per heavy atom. The maximum absolute atomic E-state index is 12.4. The molecule has 0 aromatic heterocycles. The molecule has 0 aliphatic carbocycles. The molecule has 3 aliphatic rings. The van der Waals surface area contributed by atoms with Gasteiger partial charge in [0.2, 0.25) is 0 Å². The van der Waals surface area contributed by atoms with Gasteiger partial charge in [0.05, 0.1) is 85.9 Å². The highest BCUT2D eigenvalue weighted by Gasteiger charge is 2.54.